The van der Waals surface area contributed by atoms with Crippen molar-refractivity contribution in [3.05, 3.63) is 0 Å². The van der Waals surface area contributed by atoms with Crippen LogP contribution in [0, 0.1) is 0 Å². The molecule has 0 aromatic heterocycles. The zero-order valence-corrected chi connectivity index (χ0v) is 14.3. The van der Waals surface area contributed by atoms with Crippen LogP contribution in [0.25, 0.3) is 0 Å². The van der Waals surface area contributed by atoms with Gasteiger partial charge in [-0.3, -0.25) is 0 Å². The smallest absolute Gasteiger partial charge is 0.0198 e. The van der Waals surface area contributed by atoms with Gasteiger partial charge in [0.2, 0.25) is 0 Å². The lowest BCUT2D eigenvalue weighted by molar-refractivity contribution is 0.186. The fourth-order valence-electron chi connectivity index (χ4n) is 3.40. The number of piperidine rings is 1. The van der Waals surface area contributed by atoms with E-state index in [-0.39, 0.29) is 0 Å². The van der Waals surface area contributed by atoms with Crippen LogP contribution in [0.15, 0.2) is 0 Å². The van der Waals surface area contributed by atoms with Gasteiger partial charge in [-0.05, 0) is 38.8 Å². The highest BCUT2D eigenvalue weighted by atomic mass is 15.2. The van der Waals surface area contributed by atoms with Gasteiger partial charge >= 0.3 is 0 Å². The molecule has 0 saturated carbocycles. The van der Waals surface area contributed by atoms with E-state index in [1.165, 1.54) is 83.8 Å². The number of nitrogens with one attached hydrogen (secondary N) is 1. The van der Waals surface area contributed by atoms with Gasteiger partial charge in [0.15, 0.2) is 0 Å². The van der Waals surface area contributed by atoms with Gasteiger partial charge in [0.05, 0.1) is 0 Å². The Kier molecular flexibility index (Phi) is 10.4. The summed E-state index contributed by atoms with van der Waals surface area (Å²) in [4.78, 5) is 2.61. The highest BCUT2D eigenvalue weighted by molar-refractivity contribution is 4.81. The van der Waals surface area contributed by atoms with Crippen molar-refractivity contribution >= 4 is 0 Å². The third-order valence-corrected chi connectivity index (χ3v) is 4.74. The molecule has 1 rings (SSSR count). The van der Waals surface area contributed by atoms with E-state index in [4.69, 9.17) is 0 Å². The van der Waals surface area contributed by atoms with Crippen molar-refractivity contribution in [2.75, 3.05) is 19.6 Å². The monoisotopic (exact) mass is 282 g/mol. The van der Waals surface area contributed by atoms with Crippen molar-refractivity contribution in [2.45, 2.75) is 97.1 Å². The number of nitrogens with zero attached hydrogens (tertiary/aromatic N) is 1. The second-order valence-electron chi connectivity index (χ2n) is 6.59. The lowest BCUT2D eigenvalue weighted by Gasteiger charge is -2.35. The van der Waals surface area contributed by atoms with E-state index < -0.39 is 0 Å². The Morgan fingerprint density at radius 3 is 2.20 bits per heavy atom. The van der Waals surface area contributed by atoms with Crippen molar-refractivity contribution in [1.29, 1.82) is 0 Å². The van der Waals surface area contributed by atoms with Gasteiger partial charge < -0.3 is 10.2 Å². The second-order valence-corrected chi connectivity index (χ2v) is 6.59. The molecule has 1 aliphatic rings. The molecule has 20 heavy (non-hydrogen) atoms. The Morgan fingerprint density at radius 2 is 1.65 bits per heavy atom. The Bertz CT molecular complexity index is 207. The molecule has 1 heterocycles. The van der Waals surface area contributed by atoms with E-state index in [2.05, 4.69) is 31.0 Å². The van der Waals surface area contributed by atoms with Crippen LogP contribution in [-0.4, -0.2) is 36.6 Å². The van der Waals surface area contributed by atoms with Gasteiger partial charge in [-0.15, -0.1) is 0 Å². The topological polar surface area (TPSA) is 15.3 Å². The lowest BCUT2D eigenvalue weighted by Crippen LogP contribution is -2.49. The minimum absolute atomic E-state index is 0.747. The fourth-order valence-corrected chi connectivity index (χ4v) is 3.40. The quantitative estimate of drug-likeness (QED) is 0.558. The molecule has 1 N–H and O–H groups in total. The van der Waals surface area contributed by atoms with Gasteiger partial charge in [-0.25, -0.2) is 0 Å². The predicted molar refractivity (Wildman–Crippen MR) is 90.3 cm³/mol. The maximum absolute atomic E-state index is 4.00. The van der Waals surface area contributed by atoms with Crippen LogP contribution in [-0.2, 0) is 0 Å². The first-order chi connectivity index (χ1) is 9.80. The molecule has 2 heteroatoms. The summed E-state index contributed by atoms with van der Waals surface area (Å²) in [5.41, 5.74) is 0. The van der Waals surface area contributed by atoms with Crippen molar-refractivity contribution in [1.82, 2.24) is 10.2 Å². The van der Waals surface area contributed by atoms with Crippen LogP contribution in [0.1, 0.15) is 85.0 Å². The Hall–Kier alpha value is -0.0800. The average molecular weight is 283 g/mol. The molecule has 0 aromatic rings. The number of unbranched alkanes of at least 4 members (excludes halogenated alkanes) is 4. The summed E-state index contributed by atoms with van der Waals surface area (Å²) in [6.07, 6.45) is 13.8. The molecule has 1 saturated heterocycles. The van der Waals surface area contributed by atoms with Crippen LogP contribution < -0.4 is 5.32 Å². The number of likely N-dealkylation sites (N-methyl/N-ethyl adjacent to an activating group) is 1. The zero-order chi connectivity index (χ0) is 14.6. The van der Waals surface area contributed by atoms with Gasteiger partial charge in [0.1, 0.15) is 0 Å². The maximum Gasteiger partial charge on any atom is 0.0198 e. The van der Waals surface area contributed by atoms with E-state index in [1.807, 2.05) is 0 Å². The summed E-state index contributed by atoms with van der Waals surface area (Å²) < 4.78 is 0. The number of hydrogen-bond acceptors (Lipinski definition) is 2. The SMILES string of the molecule is CCCCCC(CCCCC)NC1CCCN(CC)C1. The van der Waals surface area contributed by atoms with Crippen LogP contribution in [0.4, 0.5) is 0 Å². The largest absolute Gasteiger partial charge is 0.310 e. The maximum atomic E-state index is 4.00. The summed E-state index contributed by atoms with van der Waals surface area (Å²) in [6.45, 7) is 10.7. The Balaban J connectivity index is 2.32. The van der Waals surface area contributed by atoms with E-state index in [9.17, 15) is 0 Å². The molecule has 0 aromatic carbocycles. The van der Waals surface area contributed by atoms with Crippen molar-refractivity contribution in [2.24, 2.45) is 0 Å². The van der Waals surface area contributed by atoms with E-state index in [0.29, 0.717) is 0 Å². The highest BCUT2D eigenvalue weighted by Crippen LogP contribution is 2.15. The third-order valence-electron chi connectivity index (χ3n) is 4.74. The first-order valence-electron chi connectivity index (χ1n) is 9.28. The molecule has 1 unspecified atom stereocenters. The molecule has 2 nitrogen and oxygen atoms in total. The number of likely N-dealkylation sites (tertiary alicyclic amines) is 1. The molecule has 0 aliphatic carbocycles. The predicted octanol–water partition coefficient (Wildman–Crippen LogP) is 4.59. The standard InChI is InChI=1S/C18H38N2/c1-4-7-9-12-17(13-10-8-5-2)19-18-14-11-15-20(6-3)16-18/h17-19H,4-16H2,1-3H3. The zero-order valence-electron chi connectivity index (χ0n) is 14.3. The molecular weight excluding hydrogens is 244 g/mol. The first kappa shape index (κ1) is 18.0. The third kappa shape index (κ3) is 7.64. The summed E-state index contributed by atoms with van der Waals surface area (Å²) in [7, 11) is 0. The van der Waals surface area contributed by atoms with Crippen molar-refractivity contribution in [3.8, 4) is 0 Å². The molecule has 0 amide bonds. The van der Waals surface area contributed by atoms with E-state index in [1.54, 1.807) is 0 Å². The Morgan fingerprint density at radius 1 is 1.00 bits per heavy atom. The van der Waals surface area contributed by atoms with E-state index >= 15 is 0 Å². The van der Waals surface area contributed by atoms with Crippen LogP contribution >= 0.6 is 0 Å². The Labute approximate surface area is 127 Å². The van der Waals surface area contributed by atoms with E-state index in [0.717, 1.165) is 12.1 Å². The molecule has 1 atom stereocenters. The summed E-state index contributed by atoms with van der Waals surface area (Å²) >= 11 is 0. The minimum Gasteiger partial charge on any atom is -0.310 e. The fraction of sp³-hybridized carbons (Fsp3) is 1.00. The van der Waals surface area contributed by atoms with Gasteiger partial charge in [0.25, 0.3) is 0 Å². The molecular formula is C18H38N2. The van der Waals surface area contributed by atoms with Gasteiger partial charge in [0, 0.05) is 18.6 Å². The molecule has 1 aliphatic heterocycles. The normalized spacial score (nSPS) is 20.7. The average Bonchev–Trinajstić information content (AvgIpc) is 2.47. The first-order valence-corrected chi connectivity index (χ1v) is 9.28. The number of rotatable bonds is 11. The van der Waals surface area contributed by atoms with Crippen LogP contribution in [0.3, 0.4) is 0 Å². The molecule has 1 fully saturated rings. The van der Waals surface area contributed by atoms with Crippen LogP contribution in [0.2, 0.25) is 0 Å². The highest BCUT2D eigenvalue weighted by Gasteiger charge is 2.21. The van der Waals surface area contributed by atoms with Crippen molar-refractivity contribution < 1.29 is 0 Å². The van der Waals surface area contributed by atoms with Crippen LogP contribution in [0.5, 0.6) is 0 Å². The molecule has 120 valence electrons. The minimum atomic E-state index is 0.747. The summed E-state index contributed by atoms with van der Waals surface area (Å²) in [5, 5.41) is 4.00. The van der Waals surface area contributed by atoms with Gasteiger partial charge in [-0.1, -0.05) is 59.3 Å². The van der Waals surface area contributed by atoms with Gasteiger partial charge in [-0.2, -0.15) is 0 Å². The lowest BCUT2D eigenvalue weighted by atomic mass is 9.98. The van der Waals surface area contributed by atoms with Crippen molar-refractivity contribution in [3.63, 3.8) is 0 Å². The molecule has 0 bridgehead atoms. The summed E-state index contributed by atoms with van der Waals surface area (Å²) in [5.74, 6) is 0. The summed E-state index contributed by atoms with van der Waals surface area (Å²) in [6, 6.07) is 1.52. The molecule has 0 spiro atoms. The second kappa shape index (κ2) is 11.6. The number of hydrogen-bond donors (Lipinski definition) is 1. The molecule has 0 radical (unpaired) electrons.